The molecule has 0 radical (unpaired) electrons. The third kappa shape index (κ3) is 2.56. The molecule has 1 aliphatic heterocycles. The lowest BCUT2D eigenvalue weighted by atomic mass is 10.3. The van der Waals surface area contributed by atoms with E-state index in [4.69, 9.17) is 11.5 Å². The van der Waals surface area contributed by atoms with Crippen molar-refractivity contribution in [3.8, 4) is 0 Å². The molecule has 0 aromatic carbocycles. The highest BCUT2D eigenvalue weighted by atomic mass is 15.3. The van der Waals surface area contributed by atoms with Crippen molar-refractivity contribution < 1.29 is 0 Å². The molecule has 3 rings (SSSR count). The zero-order valence-corrected chi connectivity index (χ0v) is 11.1. The number of anilines is 4. The summed E-state index contributed by atoms with van der Waals surface area (Å²) in [5.74, 6) is 2.41. The maximum atomic E-state index is 5.71. The fraction of sp³-hybridized carbons (Fsp3) is 0.308. The third-order valence-electron chi connectivity index (χ3n) is 3.33. The number of hydrogen-bond acceptors (Lipinski definition) is 7. The van der Waals surface area contributed by atoms with E-state index >= 15 is 0 Å². The first-order chi connectivity index (χ1) is 9.72. The molecule has 0 amide bonds. The van der Waals surface area contributed by atoms with Gasteiger partial charge in [0.2, 0.25) is 5.95 Å². The first-order valence-corrected chi connectivity index (χ1v) is 6.53. The molecule has 2 aromatic rings. The summed E-state index contributed by atoms with van der Waals surface area (Å²) in [5.41, 5.74) is 11.3. The molecule has 0 spiro atoms. The van der Waals surface area contributed by atoms with Crippen LogP contribution in [0.3, 0.4) is 0 Å². The Morgan fingerprint density at radius 1 is 0.900 bits per heavy atom. The molecule has 0 aliphatic carbocycles. The maximum Gasteiger partial charge on any atom is 0.223 e. The number of pyridine rings is 1. The number of nitrogens with zero attached hydrogens (tertiary/aromatic N) is 5. The first-order valence-electron chi connectivity index (χ1n) is 6.53. The Morgan fingerprint density at radius 3 is 2.20 bits per heavy atom. The number of rotatable bonds is 2. The van der Waals surface area contributed by atoms with E-state index in [1.165, 1.54) is 0 Å². The Morgan fingerprint density at radius 2 is 1.60 bits per heavy atom. The average molecular weight is 271 g/mol. The van der Waals surface area contributed by atoms with Crippen LogP contribution in [-0.2, 0) is 0 Å². The Labute approximate surface area is 117 Å². The van der Waals surface area contributed by atoms with Crippen molar-refractivity contribution in [1.82, 2.24) is 15.0 Å². The van der Waals surface area contributed by atoms with Gasteiger partial charge in [-0.2, -0.15) is 9.97 Å². The predicted octanol–water partition coefficient (Wildman–Crippen LogP) is 0.363. The Kier molecular flexibility index (Phi) is 3.24. The van der Waals surface area contributed by atoms with Crippen LogP contribution in [-0.4, -0.2) is 41.1 Å². The smallest absolute Gasteiger partial charge is 0.223 e. The van der Waals surface area contributed by atoms with Crippen molar-refractivity contribution in [2.45, 2.75) is 0 Å². The van der Waals surface area contributed by atoms with Crippen LogP contribution in [0.25, 0.3) is 0 Å². The molecule has 7 nitrogen and oxygen atoms in total. The molecule has 1 aliphatic rings. The summed E-state index contributed by atoms with van der Waals surface area (Å²) in [4.78, 5) is 16.9. The molecular formula is C13H17N7. The van der Waals surface area contributed by atoms with E-state index in [-0.39, 0.29) is 5.95 Å². The average Bonchev–Trinajstić information content (AvgIpc) is 2.47. The molecule has 3 heterocycles. The second-order valence-electron chi connectivity index (χ2n) is 4.67. The van der Waals surface area contributed by atoms with E-state index in [0.29, 0.717) is 5.82 Å². The summed E-state index contributed by atoms with van der Waals surface area (Å²) in [6.45, 7) is 3.49. The molecule has 0 bridgehead atoms. The number of nitrogens with two attached hydrogens (primary N) is 2. The molecular weight excluding hydrogens is 254 g/mol. The summed E-state index contributed by atoms with van der Waals surface area (Å²) in [7, 11) is 0. The molecule has 20 heavy (non-hydrogen) atoms. The minimum Gasteiger partial charge on any atom is -0.383 e. The number of piperazine rings is 1. The van der Waals surface area contributed by atoms with Gasteiger partial charge >= 0.3 is 0 Å². The second kappa shape index (κ2) is 5.20. The number of aromatic nitrogens is 3. The molecule has 1 fully saturated rings. The highest BCUT2D eigenvalue weighted by molar-refractivity contribution is 5.52. The van der Waals surface area contributed by atoms with Gasteiger partial charge in [0.1, 0.15) is 17.5 Å². The highest BCUT2D eigenvalue weighted by Crippen LogP contribution is 2.19. The lowest BCUT2D eigenvalue weighted by molar-refractivity contribution is 0.641. The van der Waals surface area contributed by atoms with Crippen molar-refractivity contribution >= 4 is 23.4 Å². The topological polar surface area (TPSA) is 97.2 Å². The first kappa shape index (κ1) is 12.5. The largest absolute Gasteiger partial charge is 0.383 e. The van der Waals surface area contributed by atoms with E-state index in [1.54, 1.807) is 6.07 Å². The highest BCUT2D eigenvalue weighted by Gasteiger charge is 2.19. The molecule has 4 N–H and O–H groups in total. The zero-order chi connectivity index (χ0) is 13.9. The lowest BCUT2D eigenvalue weighted by Gasteiger charge is -2.36. The number of hydrogen-bond donors (Lipinski definition) is 2. The molecule has 7 heteroatoms. The molecule has 104 valence electrons. The van der Waals surface area contributed by atoms with Gasteiger partial charge in [-0.05, 0) is 12.1 Å². The fourth-order valence-corrected chi connectivity index (χ4v) is 2.34. The van der Waals surface area contributed by atoms with Crippen molar-refractivity contribution in [1.29, 1.82) is 0 Å². The quantitative estimate of drug-likeness (QED) is 0.814. The van der Waals surface area contributed by atoms with Gasteiger partial charge < -0.3 is 21.3 Å². The predicted molar refractivity (Wildman–Crippen MR) is 79.5 cm³/mol. The zero-order valence-electron chi connectivity index (χ0n) is 11.1. The fourth-order valence-electron chi connectivity index (χ4n) is 2.34. The van der Waals surface area contributed by atoms with Gasteiger partial charge in [0.15, 0.2) is 0 Å². The monoisotopic (exact) mass is 271 g/mol. The van der Waals surface area contributed by atoms with Crippen molar-refractivity contribution in [2.24, 2.45) is 0 Å². The van der Waals surface area contributed by atoms with Gasteiger partial charge in [0.05, 0.1) is 0 Å². The summed E-state index contributed by atoms with van der Waals surface area (Å²) in [6.07, 6.45) is 1.81. The van der Waals surface area contributed by atoms with Crippen LogP contribution in [0, 0.1) is 0 Å². The van der Waals surface area contributed by atoms with Crippen LogP contribution >= 0.6 is 0 Å². The summed E-state index contributed by atoms with van der Waals surface area (Å²) >= 11 is 0. The van der Waals surface area contributed by atoms with E-state index in [2.05, 4.69) is 24.8 Å². The van der Waals surface area contributed by atoms with Gasteiger partial charge in [-0.15, -0.1) is 0 Å². The summed E-state index contributed by atoms with van der Waals surface area (Å²) < 4.78 is 0. The third-order valence-corrected chi connectivity index (χ3v) is 3.33. The second-order valence-corrected chi connectivity index (χ2v) is 4.67. The van der Waals surface area contributed by atoms with Gasteiger partial charge in [0.25, 0.3) is 0 Å². The molecule has 1 saturated heterocycles. The van der Waals surface area contributed by atoms with Crippen LogP contribution in [0.4, 0.5) is 23.4 Å². The van der Waals surface area contributed by atoms with Crippen LogP contribution in [0.1, 0.15) is 0 Å². The van der Waals surface area contributed by atoms with Crippen molar-refractivity contribution in [3.05, 3.63) is 30.5 Å². The minimum atomic E-state index is 0.215. The van der Waals surface area contributed by atoms with E-state index in [0.717, 1.165) is 37.8 Å². The summed E-state index contributed by atoms with van der Waals surface area (Å²) in [6, 6.07) is 7.70. The number of nitrogen functional groups attached to an aromatic ring is 2. The molecule has 0 saturated carbocycles. The Hall–Kier alpha value is -2.57. The molecule has 0 atom stereocenters. The van der Waals surface area contributed by atoms with Gasteiger partial charge in [0, 0.05) is 38.4 Å². The van der Waals surface area contributed by atoms with E-state index in [9.17, 15) is 0 Å². The Balaban J connectivity index is 1.69. The maximum absolute atomic E-state index is 5.71. The Bertz CT molecular complexity index is 558. The normalized spacial score (nSPS) is 15.4. The van der Waals surface area contributed by atoms with Crippen LogP contribution in [0.15, 0.2) is 30.5 Å². The standard InChI is InChI=1S/C13H17N7/c14-10-9-12(18-13(15)17-10)20-7-5-19(6-8-20)11-3-1-2-4-16-11/h1-4,9H,5-8H2,(H4,14,15,17,18). The minimum absolute atomic E-state index is 0.215. The van der Waals surface area contributed by atoms with Crippen LogP contribution in [0.5, 0.6) is 0 Å². The van der Waals surface area contributed by atoms with Crippen molar-refractivity contribution in [3.63, 3.8) is 0 Å². The van der Waals surface area contributed by atoms with Gasteiger partial charge in [-0.3, -0.25) is 0 Å². The van der Waals surface area contributed by atoms with Crippen molar-refractivity contribution in [2.75, 3.05) is 47.4 Å². The van der Waals surface area contributed by atoms with Gasteiger partial charge in [-0.1, -0.05) is 6.07 Å². The van der Waals surface area contributed by atoms with Crippen LogP contribution in [0.2, 0.25) is 0 Å². The molecule has 2 aromatic heterocycles. The van der Waals surface area contributed by atoms with E-state index in [1.807, 2.05) is 24.4 Å². The van der Waals surface area contributed by atoms with Gasteiger partial charge in [-0.25, -0.2) is 4.98 Å². The summed E-state index contributed by atoms with van der Waals surface area (Å²) in [5, 5.41) is 0. The van der Waals surface area contributed by atoms with Crippen LogP contribution < -0.4 is 21.3 Å². The SMILES string of the molecule is Nc1cc(N2CCN(c3ccccn3)CC2)nc(N)n1. The van der Waals surface area contributed by atoms with E-state index < -0.39 is 0 Å². The molecule has 0 unspecified atom stereocenters. The lowest BCUT2D eigenvalue weighted by Crippen LogP contribution is -2.47.